The van der Waals surface area contributed by atoms with Crippen LogP contribution >= 0.6 is 0 Å². The molecule has 1 atom stereocenters. The molecule has 0 amide bonds. The predicted octanol–water partition coefficient (Wildman–Crippen LogP) is 3.72. The number of nitrogens with zero attached hydrogens (tertiary/aromatic N) is 3. The monoisotopic (exact) mass is 329 g/mol. The molecule has 124 valence electrons. The maximum absolute atomic E-state index is 10.5. The summed E-state index contributed by atoms with van der Waals surface area (Å²) in [5.41, 5.74) is 4.26. The third-order valence-corrected chi connectivity index (χ3v) is 4.95. The molecule has 0 bridgehead atoms. The van der Waals surface area contributed by atoms with E-state index >= 15 is 0 Å². The maximum Gasteiger partial charge on any atom is 0.146 e. The van der Waals surface area contributed by atoms with Crippen molar-refractivity contribution in [2.24, 2.45) is 0 Å². The van der Waals surface area contributed by atoms with Crippen LogP contribution in [0.25, 0.3) is 22.2 Å². The van der Waals surface area contributed by atoms with Gasteiger partial charge < -0.3 is 14.6 Å². The van der Waals surface area contributed by atoms with Crippen molar-refractivity contribution in [1.82, 2.24) is 14.5 Å². The first-order valence-electron chi connectivity index (χ1n) is 8.68. The van der Waals surface area contributed by atoms with Crippen molar-refractivity contribution >= 4 is 16.5 Å². The van der Waals surface area contributed by atoms with E-state index in [-0.39, 0.29) is 0 Å². The Labute approximate surface area is 146 Å². The Balaban J connectivity index is 1.66. The number of benzene rings is 1. The van der Waals surface area contributed by atoms with Gasteiger partial charge in [0.05, 0.1) is 17.4 Å². The molecule has 0 spiro atoms. The summed E-state index contributed by atoms with van der Waals surface area (Å²) in [6.07, 6.45) is 11.6. The highest BCUT2D eigenvalue weighted by Gasteiger charge is 2.32. The number of pyridine rings is 1. The summed E-state index contributed by atoms with van der Waals surface area (Å²) >= 11 is 0. The molecule has 1 unspecified atom stereocenters. The molecule has 4 heteroatoms. The lowest BCUT2D eigenvalue weighted by molar-refractivity contribution is 0.0727. The van der Waals surface area contributed by atoms with Crippen molar-refractivity contribution < 1.29 is 5.11 Å². The standard InChI is InChI=1S/C21H19N3O/c25-21-13-16(9-11-23(21)17-6-7-17)19-12-15-8-10-22-14-20(15)24(19)18-4-2-1-3-5-18/h1-5,8-14,17,21,25H,6-7H2. The second-order valence-electron chi connectivity index (χ2n) is 6.66. The molecular weight excluding hydrogens is 310 g/mol. The van der Waals surface area contributed by atoms with Gasteiger partial charge in [-0.2, -0.15) is 0 Å². The van der Waals surface area contributed by atoms with E-state index < -0.39 is 6.23 Å². The number of hydrogen-bond donors (Lipinski definition) is 1. The van der Waals surface area contributed by atoms with Crippen molar-refractivity contribution in [3.05, 3.63) is 78.9 Å². The topological polar surface area (TPSA) is 41.3 Å². The van der Waals surface area contributed by atoms with Crippen LogP contribution in [0.2, 0.25) is 0 Å². The van der Waals surface area contributed by atoms with Crippen molar-refractivity contribution in [3.8, 4) is 5.69 Å². The van der Waals surface area contributed by atoms with E-state index in [0.29, 0.717) is 6.04 Å². The second-order valence-corrected chi connectivity index (χ2v) is 6.66. The van der Waals surface area contributed by atoms with Crippen molar-refractivity contribution in [1.29, 1.82) is 0 Å². The zero-order chi connectivity index (χ0) is 16.8. The molecule has 1 aliphatic carbocycles. The Hall–Kier alpha value is -2.85. The van der Waals surface area contributed by atoms with Crippen LogP contribution in [0.4, 0.5) is 0 Å². The number of aliphatic hydroxyl groups excluding tert-OH is 1. The van der Waals surface area contributed by atoms with Gasteiger partial charge >= 0.3 is 0 Å². The highest BCUT2D eigenvalue weighted by Crippen LogP contribution is 2.35. The zero-order valence-electron chi connectivity index (χ0n) is 13.8. The zero-order valence-corrected chi connectivity index (χ0v) is 13.8. The van der Waals surface area contributed by atoms with Crippen LogP contribution in [0.1, 0.15) is 18.5 Å². The summed E-state index contributed by atoms with van der Waals surface area (Å²) in [5.74, 6) is 0. The first kappa shape index (κ1) is 14.5. The van der Waals surface area contributed by atoms with Crippen LogP contribution in [0.3, 0.4) is 0 Å². The molecule has 0 radical (unpaired) electrons. The fraction of sp³-hybridized carbons (Fsp3) is 0.190. The first-order valence-corrected chi connectivity index (χ1v) is 8.68. The molecule has 4 nitrogen and oxygen atoms in total. The minimum atomic E-state index is -0.562. The van der Waals surface area contributed by atoms with Crippen LogP contribution in [0.15, 0.2) is 73.2 Å². The van der Waals surface area contributed by atoms with E-state index in [9.17, 15) is 5.11 Å². The van der Waals surface area contributed by atoms with Gasteiger partial charge in [-0.1, -0.05) is 18.2 Å². The van der Waals surface area contributed by atoms with Gasteiger partial charge in [-0.3, -0.25) is 4.98 Å². The van der Waals surface area contributed by atoms with Crippen LogP contribution in [-0.2, 0) is 0 Å². The smallest absolute Gasteiger partial charge is 0.146 e. The van der Waals surface area contributed by atoms with Crippen LogP contribution in [-0.4, -0.2) is 31.8 Å². The largest absolute Gasteiger partial charge is 0.370 e. The molecule has 1 aromatic carbocycles. The van der Waals surface area contributed by atoms with Crippen LogP contribution < -0.4 is 0 Å². The highest BCUT2D eigenvalue weighted by atomic mass is 16.3. The van der Waals surface area contributed by atoms with Crippen LogP contribution in [0.5, 0.6) is 0 Å². The molecule has 1 aliphatic heterocycles. The van der Waals surface area contributed by atoms with Crippen molar-refractivity contribution in [2.75, 3.05) is 0 Å². The summed E-state index contributed by atoms with van der Waals surface area (Å²) in [5, 5.41) is 11.7. The summed E-state index contributed by atoms with van der Waals surface area (Å²) in [4.78, 5) is 6.34. The molecule has 25 heavy (non-hydrogen) atoms. The summed E-state index contributed by atoms with van der Waals surface area (Å²) < 4.78 is 2.21. The van der Waals surface area contributed by atoms with E-state index in [1.165, 1.54) is 12.8 Å². The molecule has 1 saturated carbocycles. The lowest BCUT2D eigenvalue weighted by Crippen LogP contribution is -2.32. The molecule has 2 aliphatic rings. The first-order chi connectivity index (χ1) is 12.3. The molecule has 3 heterocycles. The maximum atomic E-state index is 10.5. The third-order valence-electron chi connectivity index (χ3n) is 4.95. The number of fused-ring (bicyclic) bond motifs is 1. The minimum absolute atomic E-state index is 0.494. The Morgan fingerprint density at radius 2 is 1.92 bits per heavy atom. The number of aliphatic hydroxyl groups is 1. The van der Waals surface area contributed by atoms with E-state index in [1.54, 1.807) is 0 Å². The predicted molar refractivity (Wildman–Crippen MR) is 99.1 cm³/mol. The van der Waals surface area contributed by atoms with E-state index in [1.807, 2.05) is 53.8 Å². The van der Waals surface area contributed by atoms with Gasteiger partial charge in [0.2, 0.25) is 0 Å². The summed E-state index contributed by atoms with van der Waals surface area (Å²) in [7, 11) is 0. The van der Waals surface area contributed by atoms with Gasteiger partial charge in [-0.15, -0.1) is 0 Å². The van der Waals surface area contributed by atoms with Crippen molar-refractivity contribution in [3.63, 3.8) is 0 Å². The normalized spacial score (nSPS) is 20.1. The fourth-order valence-electron chi connectivity index (χ4n) is 3.55. The molecule has 5 rings (SSSR count). The van der Waals surface area contributed by atoms with Crippen molar-refractivity contribution in [2.45, 2.75) is 25.1 Å². The van der Waals surface area contributed by atoms with E-state index in [2.05, 4.69) is 33.8 Å². The highest BCUT2D eigenvalue weighted by molar-refractivity contribution is 5.89. The summed E-state index contributed by atoms with van der Waals surface area (Å²) in [6.45, 7) is 0. The van der Waals surface area contributed by atoms with Gasteiger partial charge in [0.15, 0.2) is 0 Å². The number of rotatable bonds is 3. The molecule has 1 fully saturated rings. The van der Waals surface area contributed by atoms with Crippen LogP contribution in [0, 0.1) is 0 Å². The van der Waals surface area contributed by atoms with Gasteiger partial charge in [-0.05, 0) is 49.3 Å². The molecule has 2 aromatic heterocycles. The fourth-order valence-corrected chi connectivity index (χ4v) is 3.55. The Morgan fingerprint density at radius 3 is 2.68 bits per heavy atom. The Kier molecular flexibility index (Phi) is 3.25. The van der Waals surface area contributed by atoms with Gasteiger partial charge in [0.1, 0.15) is 6.23 Å². The number of allylic oxidation sites excluding steroid dienone is 2. The number of para-hydroxylation sites is 1. The van der Waals surface area contributed by atoms with E-state index in [4.69, 9.17) is 0 Å². The van der Waals surface area contributed by atoms with Gasteiger partial charge in [0, 0.05) is 35.1 Å². The number of aromatic nitrogens is 2. The molecule has 0 saturated heterocycles. The molecular formula is C21H19N3O. The Bertz CT molecular complexity index is 983. The SMILES string of the molecule is OC1C=C(c2cc3ccncc3n2-c2ccccc2)C=CN1C1CC1. The average Bonchev–Trinajstić information content (AvgIpc) is 3.41. The van der Waals surface area contributed by atoms with E-state index in [0.717, 1.165) is 27.9 Å². The number of hydrogen-bond acceptors (Lipinski definition) is 3. The minimum Gasteiger partial charge on any atom is -0.370 e. The van der Waals surface area contributed by atoms with Gasteiger partial charge in [-0.25, -0.2) is 0 Å². The summed E-state index contributed by atoms with van der Waals surface area (Å²) in [6, 6.07) is 15.0. The third kappa shape index (κ3) is 2.46. The lowest BCUT2D eigenvalue weighted by atomic mass is 10.1. The lowest BCUT2D eigenvalue weighted by Gasteiger charge is -2.28. The molecule has 1 N–H and O–H groups in total. The second kappa shape index (κ2) is 5.60. The molecule has 3 aromatic rings. The average molecular weight is 329 g/mol. The Morgan fingerprint density at radius 1 is 1.08 bits per heavy atom. The quantitative estimate of drug-likeness (QED) is 0.796. The van der Waals surface area contributed by atoms with Gasteiger partial charge in [0.25, 0.3) is 0 Å².